The molecule has 1 aromatic rings. The second kappa shape index (κ2) is 6.72. The summed E-state index contributed by atoms with van der Waals surface area (Å²) in [6, 6.07) is 4.04. The number of carbonyl (C=O) groups excluding carboxylic acids is 1. The van der Waals surface area contributed by atoms with Gasteiger partial charge in [-0.1, -0.05) is 0 Å². The standard InChI is InChI=1S/C13H19BrN2O2S/c1-9(11-4-3-7-18-11)15-13(17)16(2)8-10-5-6-12(14)19-10/h5-6,9,11H,3-4,7-8H2,1-2H3,(H,15,17). The molecule has 1 aromatic heterocycles. The van der Waals surface area contributed by atoms with E-state index in [4.69, 9.17) is 4.74 Å². The molecule has 6 heteroatoms. The molecule has 0 radical (unpaired) electrons. The van der Waals surface area contributed by atoms with E-state index in [1.165, 1.54) is 0 Å². The van der Waals surface area contributed by atoms with Crippen molar-refractivity contribution in [1.82, 2.24) is 10.2 Å². The second-order valence-corrected chi connectivity index (χ2v) is 7.40. The molecule has 0 aromatic carbocycles. The van der Waals surface area contributed by atoms with E-state index in [-0.39, 0.29) is 18.2 Å². The second-order valence-electron chi connectivity index (χ2n) is 4.85. The molecule has 2 atom stereocenters. The van der Waals surface area contributed by atoms with Gasteiger partial charge in [0.1, 0.15) is 0 Å². The van der Waals surface area contributed by atoms with Crippen molar-refractivity contribution in [3.8, 4) is 0 Å². The number of hydrogen-bond donors (Lipinski definition) is 1. The van der Waals surface area contributed by atoms with Gasteiger partial charge >= 0.3 is 6.03 Å². The quantitative estimate of drug-likeness (QED) is 0.909. The first-order valence-electron chi connectivity index (χ1n) is 6.43. The van der Waals surface area contributed by atoms with Crippen LogP contribution in [0.15, 0.2) is 15.9 Å². The summed E-state index contributed by atoms with van der Waals surface area (Å²) in [6.45, 7) is 3.44. The Morgan fingerprint density at radius 1 is 1.68 bits per heavy atom. The molecule has 2 heterocycles. The number of thiophene rings is 1. The Morgan fingerprint density at radius 3 is 3.05 bits per heavy atom. The van der Waals surface area contributed by atoms with Crippen molar-refractivity contribution >= 4 is 33.3 Å². The van der Waals surface area contributed by atoms with Crippen molar-refractivity contribution in [2.24, 2.45) is 0 Å². The number of carbonyl (C=O) groups is 1. The van der Waals surface area contributed by atoms with Gasteiger partial charge in [0.05, 0.1) is 22.5 Å². The minimum atomic E-state index is -0.0486. The zero-order valence-electron chi connectivity index (χ0n) is 11.2. The third-order valence-electron chi connectivity index (χ3n) is 3.24. The van der Waals surface area contributed by atoms with Crippen LogP contribution < -0.4 is 5.32 Å². The van der Waals surface area contributed by atoms with Gasteiger partial charge in [-0.25, -0.2) is 4.79 Å². The average molecular weight is 347 g/mol. The lowest BCUT2D eigenvalue weighted by atomic mass is 10.1. The summed E-state index contributed by atoms with van der Waals surface area (Å²) in [5.74, 6) is 0. The van der Waals surface area contributed by atoms with Crippen molar-refractivity contribution in [3.05, 3.63) is 20.8 Å². The number of halogens is 1. The van der Waals surface area contributed by atoms with Crippen LogP contribution in [0.5, 0.6) is 0 Å². The molecule has 1 saturated heterocycles. The minimum Gasteiger partial charge on any atom is -0.376 e. The maximum atomic E-state index is 12.1. The van der Waals surface area contributed by atoms with Crippen LogP contribution in [0.1, 0.15) is 24.6 Å². The molecule has 0 aliphatic carbocycles. The Balaban J connectivity index is 1.81. The molecule has 1 aliphatic rings. The van der Waals surface area contributed by atoms with Gasteiger partial charge in [0.15, 0.2) is 0 Å². The maximum Gasteiger partial charge on any atom is 0.317 e. The zero-order chi connectivity index (χ0) is 13.8. The summed E-state index contributed by atoms with van der Waals surface area (Å²) in [4.78, 5) is 14.9. The lowest BCUT2D eigenvalue weighted by Crippen LogP contribution is -2.46. The van der Waals surface area contributed by atoms with Crippen LogP contribution >= 0.6 is 27.3 Å². The number of urea groups is 1. The molecule has 4 nitrogen and oxygen atoms in total. The van der Waals surface area contributed by atoms with E-state index in [1.807, 2.05) is 26.1 Å². The van der Waals surface area contributed by atoms with E-state index in [1.54, 1.807) is 16.2 Å². The molecule has 1 fully saturated rings. The van der Waals surface area contributed by atoms with E-state index in [0.29, 0.717) is 6.54 Å². The Morgan fingerprint density at radius 2 is 2.47 bits per heavy atom. The van der Waals surface area contributed by atoms with Crippen molar-refractivity contribution in [2.45, 2.75) is 38.5 Å². The number of rotatable bonds is 4. The van der Waals surface area contributed by atoms with E-state index in [0.717, 1.165) is 28.1 Å². The lowest BCUT2D eigenvalue weighted by molar-refractivity contribution is 0.0838. The smallest absolute Gasteiger partial charge is 0.317 e. The fourth-order valence-electron chi connectivity index (χ4n) is 2.14. The van der Waals surface area contributed by atoms with Gasteiger partial charge in [-0.2, -0.15) is 0 Å². The predicted octanol–water partition coefficient (Wildman–Crippen LogP) is 3.22. The van der Waals surface area contributed by atoms with Gasteiger partial charge in [0.2, 0.25) is 0 Å². The van der Waals surface area contributed by atoms with Crippen molar-refractivity contribution in [3.63, 3.8) is 0 Å². The van der Waals surface area contributed by atoms with Crippen LogP contribution in [0.3, 0.4) is 0 Å². The highest BCUT2D eigenvalue weighted by atomic mass is 79.9. The summed E-state index contributed by atoms with van der Waals surface area (Å²) in [7, 11) is 1.81. The summed E-state index contributed by atoms with van der Waals surface area (Å²) in [6.07, 6.45) is 2.28. The largest absolute Gasteiger partial charge is 0.376 e. The van der Waals surface area contributed by atoms with Crippen LogP contribution in [0.25, 0.3) is 0 Å². The lowest BCUT2D eigenvalue weighted by Gasteiger charge is -2.24. The highest BCUT2D eigenvalue weighted by Crippen LogP contribution is 2.23. The summed E-state index contributed by atoms with van der Waals surface area (Å²) in [5.41, 5.74) is 0. The molecule has 19 heavy (non-hydrogen) atoms. The summed E-state index contributed by atoms with van der Waals surface area (Å²) in [5, 5.41) is 3.00. The monoisotopic (exact) mass is 346 g/mol. The van der Waals surface area contributed by atoms with Crippen molar-refractivity contribution in [1.29, 1.82) is 0 Å². The highest BCUT2D eigenvalue weighted by Gasteiger charge is 2.24. The third-order valence-corrected chi connectivity index (χ3v) is 4.85. The normalized spacial score (nSPS) is 20.3. The van der Waals surface area contributed by atoms with E-state index < -0.39 is 0 Å². The minimum absolute atomic E-state index is 0.0486. The summed E-state index contributed by atoms with van der Waals surface area (Å²) >= 11 is 5.07. The first kappa shape index (κ1) is 14.8. The molecule has 1 aliphatic heterocycles. The SMILES string of the molecule is CC(NC(=O)N(C)Cc1ccc(Br)s1)C1CCCO1. The van der Waals surface area contributed by atoms with Crippen LogP contribution in [-0.2, 0) is 11.3 Å². The van der Waals surface area contributed by atoms with E-state index in [2.05, 4.69) is 21.2 Å². The van der Waals surface area contributed by atoms with Gasteiger partial charge < -0.3 is 15.0 Å². The predicted molar refractivity (Wildman–Crippen MR) is 80.5 cm³/mol. The topological polar surface area (TPSA) is 41.6 Å². The molecule has 2 amide bonds. The maximum absolute atomic E-state index is 12.1. The number of nitrogens with one attached hydrogen (secondary N) is 1. The van der Waals surface area contributed by atoms with E-state index in [9.17, 15) is 4.79 Å². The molecule has 2 unspecified atom stereocenters. The number of hydrogen-bond acceptors (Lipinski definition) is 3. The van der Waals surface area contributed by atoms with Crippen LogP contribution in [-0.4, -0.2) is 36.7 Å². The van der Waals surface area contributed by atoms with Gasteiger partial charge in [0, 0.05) is 18.5 Å². The molecular weight excluding hydrogens is 328 g/mol. The van der Waals surface area contributed by atoms with E-state index >= 15 is 0 Å². The molecule has 106 valence electrons. The van der Waals surface area contributed by atoms with Gasteiger partial charge in [0.25, 0.3) is 0 Å². The summed E-state index contributed by atoms with van der Waals surface area (Å²) < 4.78 is 6.67. The van der Waals surface area contributed by atoms with Crippen LogP contribution in [0.2, 0.25) is 0 Å². The number of amides is 2. The molecular formula is C13H19BrN2O2S. The van der Waals surface area contributed by atoms with Crippen LogP contribution in [0.4, 0.5) is 4.79 Å². The molecule has 2 rings (SSSR count). The Bertz CT molecular complexity index is 432. The van der Waals surface area contributed by atoms with Crippen LogP contribution in [0, 0.1) is 0 Å². The first-order valence-corrected chi connectivity index (χ1v) is 8.04. The number of nitrogens with zero attached hydrogens (tertiary/aromatic N) is 1. The van der Waals surface area contributed by atoms with Crippen molar-refractivity contribution < 1.29 is 9.53 Å². The van der Waals surface area contributed by atoms with Gasteiger partial charge in [-0.15, -0.1) is 11.3 Å². The Kier molecular flexibility index (Phi) is 5.24. The average Bonchev–Trinajstić information content (AvgIpc) is 3.00. The molecule has 1 N–H and O–H groups in total. The highest BCUT2D eigenvalue weighted by molar-refractivity contribution is 9.11. The fourth-order valence-corrected chi connectivity index (χ4v) is 3.67. The van der Waals surface area contributed by atoms with Crippen molar-refractivity contribution in [2.75, 3.05) is 13.7 Å². The Labute approximate surface area is 126 Å². The van der Waals surface area contributed by atoms with Gasteiger partial charge in [-0.3, -0.25) is 0 Å². The third kappa shape index (κ3) is 4.19. The number of ether oxygens (including phenoxy) is 1. The fraction of sp³-hybridized carbons (Fsp3) is 0.615. The molecule has 0 saturated carbocycles. The molecule has 0 spiro atoms. The molecule has 0 bridgehead atoms. The zero-order valence-corrected chi connectivity index (χ0v) is 13.6. The first-order chi connectivity index (χ1) is 9.06. The Hall–Kier alpha value is -0.590. The van der Waals surface area contributed by atoms with Gasteiger partial charge in [-0.05, 0) is 47.8 Å².